The Bertz CT molecular complexity index is 112. The molecule has 1 rings (SSSR count). The van der Waals surface area contributed by atoms with E-state index in [-0.39, 0.29) is 0 Å². The summed E-state index contributed by atoms with van der Waals surface area (Å²) in [5, 5.41) is 0. The maximum Gasteiger partial charge on any atom is 0.0701 e. The Morgan fingerprint density at radius 2 is 0.778 bits per heavy atom. The van der Waals surface area contributed by atoms with Crippen LogP contribution in [-0.2, 0) is 9.47 Å². The zero-order valence-corrected chi connectivity index (χ0v) is 12.7. The zero-order valence-electron chi connectivity index (χ0n) is 12.7. The predicted octanol–water partition coefficient (Wildman–Crippen LogP) is 4.96. The Labute approximate surface area is 114 Å². The third-order valence-electron chi connectivity index (χ3n) is 3.20. The SMILES string of the molecule is C1COCCO1.CCCCCCCCCCCC. The fourth-order valence-electron chi connectivity index (χ4n) is 2.00. The summed E-state index contributed by atoms with van der Waals surface area (Å²) < 4.78 is 9.89. The maximum absolute atomic E-state index is 4.94. The van der Waals surface area contributed by atoms with Gasteiger partial charge in [0.2, 0.25) is 0 Å². The number of ether oxygens (including phenoxy) is 2. The van der Waals surface area contributed by atoms with Gasteiger partial charge >= 0.3 is 0 Å². The minimum atomic E-state index is 0.778. The molecule has 0 amide bonds. The van der Waals surface area contributed by atoms with E-state index in [4.69, 9.17) is 9.47 Å². The van der Waals surface area contributed by atoms with Gasteiger partial charge in [-0.3, -0.25) is 0 Å². The van der Waals surface area contributed by atoms with Gasteiger partial charge in [0.25, 0.3) is 0 Å². The lowest BCUT2D eigenvalue weighted by atomic mass is 10.1. The average Bonchev–Trinajstić information content (AvgIpc) is 2.44. The smallest absolute Gasteiger partial charge is 0.0701 e. The van der Waals surface area contributed by atoms with Gasteiger partial charge in [0.1, 0.15) is 0 Å². The van der Waals surface area contributed by atoms with Crippen LogP contribution in [0, 0.1) is 0 Å². The first-order chi connectivity index (χ1) is 8.91. The van der Waals surface area contributed by atoms with Crippen molar-refractivity contribution in [3.8, 4) is 0 Å². The molecule has 110 valence electrons. The molecule has 1 fully saturated rings. The molecule has 2 heteroatoms. The second-order valence-electron chi connectivity index (χ2n) is 5.05. The van der Waals surface area contributed by atoms with Crippen LogP contribution in [-0.4, -0.2) is 26.4 Å². The minimum absolute atomic E-state index is 0.778. The van der Waals surface area contributed by atoms with Crippen LogP contribution in [0.2, 0.25) is 0 Å². The van der Waals surface area contributed by atoms with Gasteiger partial charge in [0, 0.05) is 0 Å². The number of hydrogen-bond acceptors (Lipinski definition) is 2. The van der Waals surface area contributed by atoms with E-state index in [1.54, 1.807) is 0 Å². The summed E-state index contributed by atoms with van der Waals surface area (Å²) in [6.07, 6.45) is 14.4. The van der Waals surface area contributed by atoms with Crippen LogP contribution < -0.4 is 0 Å². The molecule has 0 aromatic rings. The van der Waals surface area contributed by atoms with Crippen molar-refractivity contribution in [3.63, 3.8) is 0 Å². The van der Waals surface area contributed by atoms with Crippen LogP contribution in [0.3, 0.4) is 0 Å². The molecule has 1 aliphatic heterocycles. The first-order valence-corrected chi connectivity index (χ1v) is 8.07. The Morgan fingerprint density at radius 3 is 1.00 bits per heavy atom. The summed E-state index contributed by atoms with van der Waals surface area (Å²) in [4.78, 5) is 0. The monoisotopic (exact) mass is 258 g/mol. The molecule has 0 aromatic carbocycles. The van der Waals surface area contributed by atoms with Gasteiger partial charge in [-0.05, 0) is 0 Å². The molecule has 1 saturated heterocycles. The fourth-order valence-corrected chi connectivity index (χ4v) is 2.00. The second-order valence-corrected chi connectivity index (χ2v) is 5.05. The molecule has 0 aliphatic carbocycles. The molecule has 1 heterocycles. The van der Waals surface area contributed by atoms with Crippen molar-refractivity contribution >= 4 is 0 Å². The van der Waals surface area contributed by atoms with Gasteiger partial charge < -0.3 is 9.47 Å². The highest BCUT2D eigenvalue weighted by Gasteiger charge is 1.94. The predicted molar refractivity (Wildman–Crippen MR) is 79.2 cm³/mol. The Hall–Kier alpha value is -0.0800. The Balaban J connectivity index is 0.000000397. The second kappa shape index (κ2) is 16.9. The van der Waals surface area contributed by atoms with Crippen LogP contribution in [0.1, 0.15) is 78.1 Å². The van der Waals surface area contributed by atoms with Crippen molar-refractivity contribution in [2.24, 2.45) is 0 Å². The van der Waals surface area contributed by atoms with E-state index < -0.39 is 0 Å². The van der Waals surface area contributed by atoms with Gasteiger partial charge in [-0.25, -0.2) is 0 Å². The van der Waals surface area contributed by atoms with Crippen LogP contribution in [0.5, 0.6) is 0 Å². The normalized spacial score (nSPS) is 15.0. The summed E-state index contributed by atoms with van der Waals surface area (Å²) in [7, 11) is 0. The van der Waals surface area contributed by atoms with E-state index in [1.165, 1.54) is 64.2 Å². The molecule has 0 saturated carbocycles. The molecule has 2 nitrogen and oxygen atoms in total. The molecule has 0 spiro atoms. The molecule has 0 N–H and O–H groups in total. The van der Waals surface area contributed by atoms with Crippen molar-refractivity contribution < 1.29 is 9.47 Å². The summed E-state index contributed by atoms with van der Waals surface area (Å²) in [6, 6.07) is 0. The largest absolute Gasteiger partial charge is 0.377 e. The summed E-state index contributed by atoms with van der Waals surface area (Å²) in [6.45, 7) is 7.67. The van der Waals surface area contributed by atoms with Gasteiger partial charge in [-0.15, -0.1) is 0 Å². The average molecular weight is 258 g/mol. The van der Waals surface area contributed by atoms with E-state index >= 15 is 0 Å². The summed E-state index contributed by atoms with van der Waals surface area (Å²) in [5.41, 5.74) is 0. The maximum atomic E-state index is 4.94. The molecule has 0 bridgehead atoms. The first kappa shape index (κ1) is 17.9. The molecule has 0 unspecified atom stereocenters. The summed E-state index contributed by atoms with van der Waals surface area (Å²) in [5.74, 6) is 0. The van der Waals surface area contributed by atoms with Crippen LogP contribution >= 0.6 is 0 Å². The van der Waals surface area contributed by atoms with Crippen molar-refractivity contribution in [2.45, 2.75) is 78.1 Å². The molecule has 18 heavy (non-hydrogen) atoms. The lowest BCUT2D eigenvalue weighted by Crippen LogP contribution is -2.16. The third kappa shape index (κ3) is 15.9. The van der Waals surface area contributed by atoms with E-state index in [0.717, 1.165) is 26.4 Å². The quantitative estimate of drug-likeness (QED) is 0.544. The van der Waals surface area contributed by atoms with Gasteiger partial charge in [-0.2, -0.15) is 0 Å². The lowest BCUT2D eigenvalue weighted by Gasteiger charge is -2.09. The van der Waals surface area contributed by atoms with Crippen LogP contribution in [0.4, 0.5) is 0 Å². The highest BCUT2D eigenvalue weighted by Crippen LogP contribution is 2.09. The standard InChI is InChI=1S/C12H26.C4H8O2/c1-3-5-7-9-11-12-10-8-6-4-2;1-2-6-4-3-5-1/h3-12H2,1-2H3;1-4H2. The number of rotatable bonds is 9. The zero-order chi connectivity index (χ0) is 13.3. The van der Waals surface area contributed by atoms with Crippen molar-refractivity contribution in [1.29, 1.82) is 0 Å². The highest BCUT2D eigenvalue weighted by atomic mass is 16.6. The highest BCUT2D eigenvalue weighted by molar-refractivity contribution is 4.45. The molecular weight excluding hydrogens is 224 g/mol. The third-order valence-corrected chi connectivity index (χ3v) is 3.20. The van der Waals surface area contributed by atoms with Crippen molar-refractivity contribution in [2.75, 3.05) is 26.4 Å². The van der Waals surface area contributed by atoms with Crippen LogP contribution in [0.25, 0.3) is 0 Å². The molecule has 1 aliphatic rings. The Morgan fingerprint density at radius 1 is 0.500 bits per heavy atom. The van der Waals surface area contributed by atoms with Gasteiger partial charge in [-0.1, -0.05) is 78.1 Å². The topological polar surface area (TPSA) is 18.5 Å². The first-order valence-electron chi connectivity index (χ1n) is 8.07. The lowest BCUT2D eigenvalue weighted by molar-refractivity contribution is -0.0334. The molecular formula is C16H34O2. The van der Waals surface area contributed by atoms with E-state index in [0.29, 0.717) is 0 Å². The van der Waals surface area contributed by atoms with Gasteiger partial charge in [0.15, 0.2) is 0 Å². The van der Waals surface area contributed by atoms with Crippen molar-refractivity contribution in [3.05, 3.63) is 0 Å². The summed E-state index contributed by atoms with van der Waals surface area (Å²) >= 11 is 0. The Kier molecular flexibility index (Phi) is 16.8. The van der Waals surface area contributed by atoms with Gasteiger partial charge in [0.05, 0.1) is 26.4 Å². The van der Waals surface area contributed by atoms with E-state index in [9.17, 15) is 0 Å². The molecule has 0 radical (unpaired) electrons. The number of unbranched alkanes of at least 4 members (excludes halogenated alkanes) is 9. The molecule has 0 atom stereocenters. The van der Waals surface area contributed by atoms with Crippen LogP contribution in [0.15, 0.2) is 0 Å². The fraction of sp³-hybridized carbons (Fsp3) is 1.00. The number of hydrogen-bond donors (Lipinski definition) is 0. The van der Waals surface area contributed by atoms with Crippen molar-refractivity contribution in [1.82, 2.24) is 0 Å². The molecule has 0 aromatic heterocycles. The van der Waals surface area contributed by atoms with E-state index in [2.05, 4.69) is 13.8 Å². The van der Waals surface area contributed by atoms with E-state index in [1.807, 2.05) is 0 Å². The minimum Gasteiger partial charge on any atom is -0.377 e.